The molecule has 1 N–H and O–H groups in total. The SMILES string of the molecule is CC(C)(C)C1CC(=C(F)B2OC(C)(C)C(C)(C)O2)c2ccc(O)cc2O1. The normalized spacial score (nSPS) is 26.3. The molecule has 0 radical (unpaired) electrons. The summed E-state index contributed by atoms with van der Waals surface area (Å²) in [5.74, 6) is 0.576. The number of aromatic hydroxyl groups is 1. The van der Waals surface area contributed by atoms with Crippen molar-refractivity contribution < 1.29 is 23.5 Å². The summed E-state index contributed by atoms with van der Waals surface area (Å²) < 4.78 is 33.4. The van der Waals surface area contributed by atoms with Gasteiger partial charge in [-0.25, -0.2) is 4.39 Å². The number of phenols is 1. The predicted octanol–water partition coefficient (Wildman–Crippen LogP) is 4.90. The molecule has 1 saturated heterocycles. The monoisotopic (exact) mass is 362 g/mol. The van der Waals surface area contributed by atoms with E-state index in [1.165, 1.54) is 12.1 Å². The van der Waals surface area contributed by atoms with E-state index in [1.54, 1.807) is 6.07 Å². The van der Waals surface area contributed by atoms with Gasteiger partial charge in [0.2, 0.25) is 0 Å². The van der Waals surface area contributed by atoms with Crippen LogP contribution in [0.15, 0.2) is 23.9 Å². The minimum absolute atomic E-state index is 0.0914. The Morgan fingerprint density at radius 3 is 2.27 bits per heavy atom. The van der Waals surface area contributed by atoms with E-state index in [-0.39, 0.29) is 17.3 Å². The van der Waals surface area contributed by atoms with Crippen LogP contribution in [0.2, 0.25) is 0 Å². The van der Waals surface area contributed by atoms with E-state index in [4.69, 9.17) is 14.0 Å². The molecule has 0 spiro atoms. The van der Waals surface area contributed by atoms with Crippen LogP contribution in [-0.2, 0) is 9.31 Å². The van der Waals surface area contributed by atoms with Crippen molar-refractivity contribution in [3.05, 3.63) is 29.5 Å². The van der Waals surface area contributed by atoms with Crippen molar-refractivity contribution in [3.63, 3.8) is 0 Å². The van der Waals surface area contributed by atoms with E-state index < -0.39 is 24.0 Å². The van der Waals surface area contributed by atoms with E-state index in [0.717, 1.165) is 0 Å². The van der Waals surface area contributed by atoms with Crippen LogP contribution in [0.5, 0.6) is 11.5 Å². The third-order valence-electron chi connectivity index (χ3n) is 5.66. The van der Waals surface area contributed by atoms with E-state index in [1.807, 2.05) is 27.7 Å². The highest BCUT2D eigenvalue weighted by Gasteiger charge is 2.54. The lowest BCUT2D eigenvalue weighted by molar-refractivity contribution is 0.00578. The largest absolute Gasteiger partial charge is 0.525 e. The maximum absolute atomic E-state index is 15.5. The first kappa shape index (κ1) is 19.2. The molecule has 0 saturated carbocycles. The molecular formula is C20H28BFO4. The van der Waals surface area contributed by atoms with Crippen LogP contribution in [0, 0.1) is 5.41 Å². The summed E-state index contributed by atoms with van der Waals surface area (Å²) in [5, 5.41) is 9.81. The van der Waals surface area contributed by atoms with Crippen molar-refractivity contribution in [2.45, 2.75) is 72.2 Å². The topological polar surface area (TPSA) is 47.9 Å². The molecule has 1 aromatic rings. The molecule has 0 amide bonds. The number of fused-ring (bicyclic) bond motifs is 1. The molecule has 1 unspecified atom stereocenters. The van der Waals surface area contributed by atoms with Gasteiger partial charge in [0.25, 0.3) is 0 Å². The lowest BCUT2D eigenvalue weighted by Crippen LogP contribution is -2.41. The second-order valence-electron chi connectivity index (χ2n) is 9.27. The number of rotatable bonds is 1. The van der Waals surface area contributed by atoms with Crippen molar-refractivity contribution in [2.24, 2.45) is 5.41 Å². The van der Waals surface area contributed by atoms with Crippen molar-refractivity contribution >= 4 is 12.7 Å². The summed E-state index contributed by atoms with van der Waals surface area (Å²) in [4.78, 5) is 0. The van der Waals surface area contributed by atoms with Gasteiger partial charge in [0.15, 0.2) is 0 Å². The fraction of sp³-hybridized carbons (Fsp3) is 0.600. The van der Waals surface area contributed by atoms with Crippen LogP contribution in [-0.4, -0.2) is 29.5 Å². The Labute approximate surface area is 155 Å². The fourth-order valence-corrected chi connectivity index (χ4v) is 3.15. The first-order valence-electron chi connectivity index (χ1n) is 9.06. The number of halogens is 1. The molecule has 6 heteroatoms. The van der Waals surface area contributed by atoms with Crippen LogP contribution in [0.3, 0.4) is 0 Å². The molecule has 3 rings (SSSR count). The van der Waals surface area contributed by atoms with E-state index >= 15 is 4.39 Å². The van der Waals surface area contributed by atoms with Gasteiger partial charge in [-0.15, -0.1) is 0 Å². The Bertz CT molecular complexity index is 733. The maximum Gasteiger partial charge on any atom is 0.525 e. The summed E-state index contributed by atoms with van der Waals surface area (Å²) in [6.45, 7) is 13.8. The van der Waals surface area contributed by atoms with E-state index in [9.17, 15) is 5.11 Å². The molecule has 0 bridgehead atoms. The number of benzene rings is 1. The zero-order chi connectivity index (χ0) is 19.5. The Morgan fingerprint density at radius 1 is 1.15 bits per heavy atom. The van der Waals surface area contributed by atoms with Gasteiger partial charge in [-0.3, -0.25) is 0 Å². The lowest BCUT2D eigenvalue weighted by atomic mass is 9.76. The van der Waals surface area contributed by atoms with Crippen molar-refractivity contribution in [1.82, 2.24) is 0 Å². The molecule has 1 aromatic carbocycles. The smallest absolute Gasteiger partial charge is 0.508 e. The quantitative estimate of drug-likeness (QED) is 0.722. The van der Waals surface area contributed by atoms with Crippen LogP contribution >= 0.6 is 0 Å². The zero-order valence-electron chi connectivity index (χ0n) is 16.6. The average Bonchev–Trinajstić information content (AvgIpc) is 2.72. The second-order valence-corrected chi connectivity index (χ2v) is 9.27. The van der Waals surface area contributed by atoms with Crippen LogP contribution in [0.1, 0.15) is 60.5 Å². The minimum atomic E-state index is -1.05. The van der Waals surface area contributed by atoms with Gasteiger partial charge in [-0.2, -0.15) is 0 Å². The minimum Gasteiger partial charge on any atom is -0.508 e. The van der Waals surface area contributed by atoms with Gasteiger partial charge < -0.3 is 19.2 Å². The zero-order valence-corrected chi connectivity index (χ0v) is 16.6. The second kappa shape index (κ2) is 5.99. The predicted molar refractivity (Wildman–Crippen MR) is 101 cm³/mol. The number of hydrogen-bond acceptors (Lipinski definition) is 4. The average molecular weight is 362 g/mol. The van der Waals surface area contributed by atoms with Gasteiger partial charge in [-0.1, -0.05) is 20.8 Å². The van der Waals surface area contributed by atoms with Gasteiger partial charge in [0, 0.05) is 18.1 Å². The molecule has 2 heterocycles. The van der Waals surface area contributed by atoms with Crippen LogP contribution in [0.4, 0.5) is 4.39 Å². The van der Waals surface area contributed by atoms with Gasteiger partial charge in [0.05, 0.1) is 11.2 Å². The van der Waals surface area contributed by atoms with Crippen LogP contribution in [0.25, 0.3) is 5.57 Å². The molecule has 2 aliphatic heterocycles. The summed E-state index contributed by atoms with van der Waals surface area (Å²) in [6.07, 6.45) is 0.192. The highest BCUT2D eigenvalue weighted by Crippen LogP contribution is 2.46. The lowest BCUT2D eigenvalue weighted by Gasteiger charge is -2.36. The molecular weight excluding hydrogens is 334 g/mol. The number of ether oxygens (including phenoxy) is 1. The van der Waals surface area contributed by atoms with Gasteiger partial charge >= 0.3 is 7.12 Å². The Hall–Kier alpha value is -1.53. The van der Waals surface area contributed by atoms with Crippen molar-refractivity contribution in [2.75, 3.05) is 0 Å². The Kier molecular flexibility index (Phi) is 4.44. The van der Waals surface area contributed by atoms with Crippen molar-refractivity contribution in [3.8, 4) is 11.5 Å². The molecule has 1 atom stereocenters. The summed E-state index contributed by atoms with van der Waals surface area (Å²) in [5.41, 5.74) is -0.678. The van der Waals surface area contributed by atoms with Gasteiger partial charge in [0.1, 0.15) is 23.3 Å². The number of hydrogen-bond donors (Lipinski definition) is 1. The van der Waals surface area contributed by atoms with E-state index in [2.05, 4.69) is 20.8 Å². The van der Waals surface area contributed by atoms with Crippen LogP contribution < -0.4 is 4.74 Å². The molecule has 26 heavy (non-hydrogen) atoms. The van der Waals surface area contributed by atoms with Crippen molar-refractivity contribution in [1.29, 1.82) is 0 Å². The third-order valence-corrected chi connectivity index (χ3v) is 5.66. The first-order valence-corrected chi connectivity index (χ1v) is 9.06. The standard InChI is InChI=1S/C20H28BFO4/c1-18(2,3)16-11-14(13-9-8-12(23)10-15(13)24-16)17(22)21-25-19(4,5)20(6,7)26-21/h8-10,16,23H,11H2,1-7H3. The fourth-order valence-electron chi connectivity index (χ4n) is 3.15. The highest BCUT2D eigenvalue weighted by molar-refractivity contribution is 6.55. The molecule has 4 nitrogen and oxygen atoms in total. The highest BCUT2D eigenvalue weighted by atomic mass is 19.1. The summed E-state index contributed by atoms with van der Waals surface area (Å²) in [6, 6.07) is 4.76. The summed E-state index contributed by atoms with van der Waals surface area (Å²) in [7, 11) is -1.05. The molecule has 142 valence electrons. The van der Waals surface area contributed by atoms with Gasteiger partial charge in [-0.05, 0) is 50.8 Å². The summed E-state index contributed by atoms with van der Waals surface area (Å²) >= 11 is 0. The molecule has 1 fully saturated rings. The molecule has 0 aliphatic carbocycles. The molecule has 0 aromatic heterocycles. The number of phenolic OH excluding ortho intramolecular Hbond substituents is 1. The van der Waals surface area contributed by atoms with E-state index in [0.29, 0.717) is 23.3 Å². The maximum atomic E-state index is 15.5. The Morgan fingerprint density at radius 2 is 1.73 bits per heavy atom. The Balaban J connectivity index is 2.06. The third kappa shape index (κ3) is 3.25. The first-order chi connectivity index (χ1) is 11.8. The molecule has 2 aliphatic rings.